The molecule has 0 aromatic carbocycles. The number of rotatable bonds is 13. The summed E-state index contributed by atoms with van der Waals surface area (Å²) in [4.78, 5) is 68.8. The lowest BCUT2D eigenvalue weighted by molar-refractivity contribution is -0.142. The minimum Gasteiger partial charge on any atom is -0.480 e. The highest BCUT2D eigenvalue weighted by Gasteiger charge is 2.30. The van der Waals surface area contributed by atoms with Gasteiger partial charge in [-0.3, -0.25) is 24.0 Å². The fourth-order valence-electron chi connectivity index (χ4n) is 1.95. The molecule has 28 heavy (non-hydrogen) atoms. The lowest BCUT2D eigenvalue weighted by Crippen LogP contribution is -2.57. The van der Waals surface area contributed by atoms with Gasteiger partial charge in [0.1, 0.15) is 18.1 Å². The van der Waals surface area contributed by atoms with E-state index in [0.717, 1.165) is 0 Å². The van der Waals surface area contributed by atoms with Crippen LogP contribution in [0.3, 0.4) is 0 Å². The number of amides is 5. The molecule has 0 radical (unpaired) electrons. The fraction of sp³-hybridized carbons (Fsp3) is 0.571. The zero-order valence-corrected chi connectivity index (χ0v) is 14.8. The van der Waals surface area contributed by atoms with Crippen LogP contribution in [0.5, 0.6) is 0 Å². The first-order chi connectivity index (χ1) is 13.0. The van der Waals surface area contributed by atoms with Gasteiger partial charge in [0.15, 0.2) is 0 Å². The van der Waals surface area contributed by atoms with Crippen LogP contribution in [0, 0.1) is 0 Å². The SMILES string of the molecule is NCC(=O)NC(CO)C(=O)NC(CC(N)=O)C(=O)NC(CCC(N)=O)C(=O)O. The zero-order chi connectivity index (χ0) is 21.9. The third kappa shape index (κ3) is 9.44. The van der Waals surface area contributed by atoms with E-state index in [2.05, 4.69) is 16.0 Å². The number of carboxylic acid groups (broad SMARTS) is 1. The number of carbonyl (C=O) groups is 6. The number of nitrogens with one attached hydrogen (secondary N) is 3. The van der Waals surface area contributed by atoms with Crippen LogP contribution in [0.25, 0.3) is 0 Å². The monoisotopic (exact) mass is 404 g/mol. The summed E-state index contributed by atoms with van der Waals surface area (Å²) in [5, 5.41) is 24.5. The van der Waals surface area contributed by atoms with Crippen molar-refractivity contribution in [3.05, 3.63) is 0 Å². The van der Waals surface area contributed by atoms with Gasteiger partial charge in [-0.15, -0.1) is 0 Å². The molecule has 0 aliphatic carbocycles. The second-order valence-corrected chi connectivity index (χ2v) is 5.64. The third-order valence-electron chi connectivity index (χ3n) is 3.35. The molecule has 0 aliphatic heterocycles. The molecule has 0 saturated heterocycles. The van der Waals surface area contributed by atoms with Crippen molar-refractivity contribution in [1.82, 2.24) is 16.0 Å². The van der Waals surface area contributed by atoms with E-state index in [1.807, 2.05) is 0 Å². The lowest BCUT2D eigenvalue weighted by atomic mass is 10.1. The first-order valence-electron chi connectivity index (χ1n) is 8.02. The highest BCUT2D eigenvalue weighted by atomic mass is 16.4. The molecule has 11 N–H and O–H groups in total. The molecular formula is C14H24N6O8. The predicted molar refractivity (Wildman–Crippen MR) is 91.8 cm³/mol. The van der Waals surface area contributed by atoms with Gasteiger partial charge >= 0.3 is 5.97 Å². The van der Waals surface area contributed by atoms with E-state index in [-0.39, 0.29) is 12.8 Å². The number of hydrogen-bond donors (Lipinski definition) is 8. The standard InChI is InChI=1S/C14H24N6O8/c15-4-11(24)18-8(5-21)13(26)20-7(3-10(17)23)12(25)19-6(14(27)28)1-2-9(16)22/h6-8,21H,1-5,15H2,(H2,16,22)(H2,17,23)(H,18,24)(H,19,25)(H,20,26)(H,27,28). The molecule has 0 spiro atoms. The van der Waals surface area contributed by atoms with Crippen molar-refractivity contribution in [2.24, 2.45) is 17.2 Å². The Bertz CT molecular complexity index is 625. The molecule has 0 heterocycles. The lowest BCUT2D eigenvalue weighted by Gasteiger charge is -2.23. The van der Waals surface area contributed by atoms with Gasteiger partial charge < -0.3 is 43.4 Å². The van der Waals surface area contributed by atoms with Gasteiger partial charge in [-0.25, -0.2) is 4.79 Å². The Kier molecular flexibility index (Phi) is 10.8. The van der Waals surface area contributed by atoms with Crippen molar-refractivity contribution in [3.8, 4) is 0 Å². The fourth-order valence-corrected chi connectivity index (χ4v) is 1.95. The molecule has 3 atom stereocenters. The molecule has 5 amide bonds. The molecule has 0 aromatic rings. The number of aliphatic hydroxyl groups is 1. The van der Waals surface area contributed by atoms with E-state index >= 15 is 0 Å². The first-order valence-corrected chi connectivity index (χ1v) is 8.02. The third-order valence-corrected chi connectivity index (χ3v) is 3.35. The number of aliphatic hydroxyl groups excluding tert-OH is 1. The number of hydrogen-bond acceptors (Lipinski definition) is 8. The van der Waals surface area contributed by atoms with Crippen molar-refractivity contribution in [2.45, 2.75) is 37.4 Å². The van der Waals surface area contributed by atoms with Crippen molar-refractivity contribution in [2.75, 3.05) is 13.2 Å². The summed E-state index contributed by atoms with van der Waals surface area (Å²) < 4.78 is 0. The van der Waals surface area contributed by atoms with Crippen molar-refractivity contribution >= 4 is 35.5 Å². The van der Waals surface area contributed by atoms with Crippen LogP contribution in [0.2, 0.25) is 0 Å². The minimum absolute atomic E-state index is 0.320. The maximum atomic E-state index is 12.3. The Hall–Kier alpha value is -3.26. The van der Waals surface area contributed by atoms with Crippen LogP contribution >= 0.6 is 0 Å². The molecule has 158 valence electrons. The normalized spacial score (nSPS) is 13.5. The second-order valence-electron chi connectivity index (χ2n) is 5.64. The Morgan fingerprint density at radius 1 is 0.821 bits per heavy atom. The Balaban J connectivity index is 5.21. The number of aliphatic carboxylic acids is 1. The van der Waals surface area contributed by atoms with E-state index in [1.54, 1.807) is 0 Å². The van der Waals surface area contributed by atoms with Crippen LogP contribution < -0.4 is 33.2 Å². The summed E-state index contributed by atoms with van der Waals surface area (Å²) in [6.07, 6.45) is -1.34. The first kappa shape index (κ1) is 24.7. The van der Waals surface area contributed by atoms with Crippen LogP contribution in [0.4, 0.5) is 0 Å². The zero-order valence-electron chi connectivity index (χ0n) is 14.8. The molecule has 0 aliphatic rings. The topological polar surface area (TPSA) is 257 Å². The molecule has 14 nitrogen and oxygen atoms in total. The number of carbonyl (C=O) groups excluding carboxylic acids is 5. The molecule has 14 heteroatoms. The largest absolute Gasteiger partial charge is 0.480 e. The average Bonchev–Trinajstić information content (AvgIpc) is 2.60. The summed E-state index contributed by atoms with van der Waals surface area (Å²) in [7, 11) is 0. The van der Waals surface area contributed by atoms with Crippen molar-refractivity contribution in [3.63, 3.8) is 0 Å². The van der Waals surface area contributed by atoms with E-state index < -0.39 is 73.2 Å². The molecule has 3 unspecified atom stereocenters. The van der Waals surface area contributed by atoms with Gasteiger partial charge in [0.05, 0.1) is 19.6 Å². The Labute approximate surface area is 159 Å². The highest BCUT2D eigenvalue weighted by Crippen LogP contribution is 2.01. The molecular weight excluding hydrogens is 380 g/mol. The minimum atomic E-state index is -1.59. The highest BCUT2D eigenvalue weighted by molar-refractivity contribution is 5.95. The van der Waals surface area contributed by atoms with Gasteiger partial charge in [0.25, 0.3) is 0 Å². The van der Waals surface area contributed by atoms with E-state index in [1.165, 1.54) is 0 Å². The van der Waals surface area contributed by atoms with Gasteiger partial charge in [0, 0.05) is 6.42 Å². The second kappa shape index (κ2) is 12.2. The van der Waals surface area contributed by atoms with Crippen LogP contribution in [-0.2, 0) is 28.8 Å². The number of primary amides is 2. The van der Waals surface area contributed by atoms with Crippen LogP contribution in [-0.4, -0.2) is 77.0 Å². The number of carboxylic acids is 1. The number of nitrogens with two attached hydrogens (primary N) is 3. The molecule has 0 fully saturated rings. The summed E-state index contributed by atoms with van der Waals surface area (Å²) in [5.74, 6) is -6.12. The Morgan fingerprint density at radius 3 is 1.79 bits per heavy atom. The van der Waals surface area contributed by atoms with Gasteiger partial charge in [-0.05, 0) is 6.42 Å². The van der Waals surface area contributed by atoms with Crippen molar-refractivity contribution < 1.29 is 39.0 Å². The molecule has 0 rings (SSSR count). The van der Waals surface area contributed by atoms with E-state index in [4.69, 9.17) is 22.3 Å². The average molecular weight is 404 g/mol. The van der Waals surface area contributed by atoms with E-state index in [9.17, 15) is 33.9 Å². The maximum absolute atomic E-state index is 12.3. The van der Waals surface area contributed by atoms with Crippen LogP contribution in [0.15, 0.2) is 0 Å². The summed E-state index contributed by atoms with van der Waals surface area (Å²) in [5.41, 5.74) is 15.0. The molecule has 0 bridgehead atoms. The van der Waals surface area contributed by atoms with Gasteiger partial charge in [-0.2, -0.15) is 0 Å². The van der Waals surface area contributed by atoms with Gasteiger partial charge in [-0.1, -0.05) is 0 Å². The summed E-state index contributed by atoms with van der Waals surface area (Å²) in [6.45, 7) is -1.30. The molecule has 0 saturated carbocycles. The Morgan fingerprint density at radius 2 is 1.36 bits per heavy atom. The van der Waals surface area contributed by atoms with Gasteiger partial charge in [0.2, 0.25) is 29.5 Å². The smallest absolute Gasteiger partial charge is 0.326 e. The van der Waals surface area contributed by atoms with Crippen molar-refractivity contribution in [1.29, 1.82) is 0 Å². The maximum Gasteiger partial charge on any atom is 0.326 e. The predicted octanol–water partition coefficient (Wildman–Crippen LogP) is -5.38. The quantitative estimate of drug-likeness (QED) is 0.145. The molecule has 0 aromatic heterocycles. The summed E-state index contributed by atoms with van der Waals surface area (Å²) in [6, 6.07) is -4.58. The summed E-state index contributed by atoms with van der Waals surface area (Å²) >= 11 is 0. The van der Waals surface area contributed by atoms with Crippen LogP contribution in [0.1, 0.15) is 19.3 Å². The van der Waals surface area contributed by atoms with E-state index in [0.29, 0.717) is 0 Å².